The largest absolute Gasteiger partial charge is 0.303 e. The molecule has 0 fully saturated rings. The molecule has 0 aliphatic heterocycles. The molecule has 0 unspecified atom stereocenters. The van der Waals surface area contributed by atoms with Crippen LogP contribution in [0.25, 0.3) is 17.5 Å². The number of allylic oxidation sites excluding steroid dienone is 1. The summed E-state index contributed by atoms with van der Waals surface area (Å²) in [5.41, 5.74) is 5.99. The van der Waals surface area contributed by atoms with Gasteiger partial charge in [0.1, 0.15) is 5.82 Å². The van der Waals surface area contributed by atoms with E-state index in [-0.39, 0.29) is 0 Å². The van der Waals surface area contributed by atoms with Crippen LogP contribution in [0.3, 0.4) is 0 Å². The van der Waals surface area contributed by atoms with Crippen molar-refractivity contribution < 1.29 is 0 Å². The van der Waals surface area contributed by atoms with Crippen LogP contribution in [0.5, 0.6) is 0 Å². The Bertz CT molecular complexity index is 924. The molecular formula is C21H19N3. The molecule has 0 spiro atoms. The van der Waals surface area contributed by atoms with E-state index in [1.165, 1.54) is 5.56 Å². The van der Waals surface area contributed by atoms with Gasteiger partial charge in [-0.1, -0.05) is 35.9 Å². The van der Waals surface area contributed by atoms with Crippen molar-refractivity contribution in [2.75, 3.05) is 0 Å². The molecule has 2 aromatic heterocycles. The molecule has 0 bridgehead atoms. The van der Waals surface area contributed by atoms with Gasteiger partial charge in [0, 0.05) is 17.6 Å². The lowest BCUT2D eigenvalue weighted by Crippen LogP contribution is -2.01. The van der Waals surface area contributed by atoms with Gasteiger partial charge in [0.25, 0.3) is 0 Å². The van der Waals surface area contributed by atoms with Gasteiger partial charge in [0.2, 0.25) is 0 Å². The molecule has 0 aliphatic rings. The molecule has 0 N–H and O–H groups in total. The van der Waals surface area contributed by atoms with E-state index < -0.39 is 0 Å². The molecule has 1 aromatic carbocycles. The number of benzene rings is 1. The number of hydrogen-bond acceptors (Lipinski definition) is 2. The van der Waals surface area contributed by atoms with E-state index in [9.17, 15) is 5.26 Å². The first-order chi connectivity index (χ1) is 11.6. The fraction of sp³-hybridized carbons (Fsp3) is 0.143. The van der Waals surface area contributed by atoms with Crippen LogP contribution in [0.15, 0.2) is 54.7 Å². The lowest BCUT2D eigenvalue weighted by atomic mass is 10.0. The topological polar surface area (TPSA) is 41.6 Å². The minimum atomic E-state index is 0.663. The van der Waals surface area contributed by atoms with Crippen LogP contribution < -0.4 is 0 Å². The Balaban J connectivity index is 2.07. The third kappa shape index (κ3) is 3.00. The molecule has 24 heavy (non-hydrogen) atoms. The number of rotatable bonds is 3. The Kier molecular flexibility index (Phi) is 4.31. The van der Waals surface area contributed by atoms with Gasteiger partial charge in [-0.05, 0) is 56.2 Å². The first-order valence-electron chi connectivity index (χ1n) is 7.89. The SMILES string of the molecule is Cc1ccc(/C(C#N)=C\c2cc(C)n(-c3ccccn3)c2C)cc1. The predicted molar refractivity (Wildman–Crippen MR) is 97.7 cm³/mol. The summed E-state index contributed by atoms with van der Waals surface area (Å²) in [6.45, 7) is 6.15. The quantitative estimate of drug-likeness (QED) is 0.648. The molecule has 3 aromatic rings. The maximum atomic E-state index is 9.56. The van der Waals surface area contributed by atoms with Crippen LogP contribution in [0, 0.1) is 32.1 Å². The highest BCUT2D eigenvalue weighted by Gasteiger charge is 2.11. The molecule has 0 saturated carbocycles. The van der Waals surface area contributed by atoms with Crippen LogP contribution >= 0.6 is 0 Å². The zero-order valence-corrected chi connectivity index (χ0v) is 14.1. The molecule has 0 aliphatic carbocycles. The van der Waals surface area contributed by atoms with Gasteiger partial charge in [0.05, 0.1) is 11.6 Å². The predicted octanol–water partition coefficient (Wildman–Crippen LogP) is 4.86. The normalized spacial score (nSPS) is 11.3. The monoisotopic (exact) mass is 313 g/mol. The van der Waals surface area contributed by atoms with Gasteiger partial charge in [-0.15, -0.1) is 0 Å². The summed E-state index contributed by atoms with van der Waals surface area (Å²) in [6, 6.07) is 18.3. The van der Waals surface area contributed by atoms with E-state index in [4.69, 9.17) is 0 Å². The molecule has 0 amide bonds. The van der Waals surface area contributed by atoms with E-state index >= 15 is 0 Å². The molecule has 3 rings (SSSR count). The van der Waals surface area contributed by atoms with Crippen molar-refractivity contribution in [2.24, 2.45) is 0 Å². The van der Waals surface area contributed by atoms with Gasteiger partial charge in [-0.3, -0.25) is 0 Å². The van der Waals surface area contributed by atoms with Crippen molar-refractivity contribution >= 4 is 11.6 Å². The van der Waals surface area contributed by atoms with Crippen LogP contribution in [-0.4, -0.2) is 9.55 Å². The molecule has 118 valence electrons. The van der Waals surface area contributed by atoms with Crippen LogP contribution in [0.1, 0.15) is 28.1 Å². The second kappa shape index (κ2) is 6.55. The second-order valence-electron chi connectivity index (χ2n) is 5.89. The number of pyridine rings is 1. The molecule has 0 radical (unpaired) electrons. The smallest absolute Gasteiger partial charge is 0.136 e. The number of nitrogens with zero attached hydrogens (tertiary/aromatic N) is 3. The lowest BCUT2D eigenvalue weighted by molar-refractivity contribution is 0.921. The minimum absolute atomic E-state index is 0.663. The Morgan fingerprint density at radius 3 is 2.46 bits per heavy atom. The molecule has 2 heterocycles. The van der Waals surface area contributed by atoms with Crippen molar-refractivity contribution in [3.63, 3.8) is 0 Å². The average molecular weight is 313 g/mol. The highest BCUT2D eigenvalue weighted by molar-refractivity contribution is 5.90. The first-order valence-corrected chi connectivity index (χ1v) is 7.89. The second-order valence-corrected chi connectivity index (χ2v) is 5.89. The first kappa shape index (κ1) is 15.8. The summed E-state index contributed by atoms with van der Waals surface area (Å²) in [5, 5.41) is 9.56. The minimum Gasteiger partial charge on any atom is -0.303 e. The Labute approximate surface area is 142 Å². The zero-order chi connectivity index (χ0) is 17.1. The van der Waals surface area contributed by atoms with E-state index in [0.717, 1.165) is 28.3 Å². The van der Waals surface area contributed by atoms with Crippen LogP contribution in [0.4, 0.5) is 0 Å². The summed E-state index contributed by atoms with van der Waals surface area (Å²) >= 11 is 0. The molecular weight excluding hydrogens is 294 g/mol. The third-order valence-electron chi connectivity index (χ3n) is 4.13. The fourth-order valence-corrected chi connectivity index (χ4v) is 2.84. The zero-order valence-electron chi connectivity index (χ0n) is 14.1. The maximum absolute atomic E-state index is 9.56. The average Bonchev–Trinajstić information content (AvgIpc) is 2.88. The number of nitriles is 1. The van der Waals surface area contributed by atoms with Gasteiger partial charge >= 0.3 is 0 Å². The van der Waals surface area contributed by atoms with E-state index in [2.05, 4.69) is 35.5 Å². The van der Waals surface area contributed by atoms with Gasteiger partial charge < -0.3 is 4.57 Å². The van der Waals surface area contributed by atoms with E-state index in [1.807, 2.05) is 55.5 Å². The Hall–Kier alpha value is -3.12. The molecule has 3 nitrogen and oxygen atoms in total. The highest BCUT2D eigenvalue weighted by atomic mass is 15.1. The van der Waals surface area contributed by atoms with Crippen molar-refractivity contribution in [3.8, 4) is 11.9 Å². The molecule has 3 heteroatoms. The van der Waals surface area contributed by atoms with Crippen molar-refractivity contribution in [1.29, 1.82) is 5.26 Å². The molecule has 0 saturated heterocycles. The van der Waals surface area contributed by atoms with Crippen LogP contribution in [-0.2, 0) is 0 Å². The maximum Gasteiger partial charge on any atom is 0.136 e. The Morgan fingerprint density at radius 2 is 1.83 bits per heavy atom. The highest BCUT2D eigenvalue weighted by Crippen LogP contribution is 2.24. The van der Waals surface area contributed by atoms with Gasteiger partial charge in [0.15, 0.2) is 0 Å². The van der Waals surface area contributed by atoms with Crippen LogP contribution in [0.2, 0.25) is 0 Å². The van der Waals surface area contributed by atoms with Gasteiger partial charge in [-0.2, -0.15) is 5.26 Å². The number of aryl methyl sites for hydroxylation is 2. The summed E-state index contributed by atoms with van der Waals surface area (Å²) in [5.74, 6) is 0.890. The summed E-state index contributed by atoms with van der Waals surface area (Å²) in [6.07, 6.45) is 3.74. The lowest BCUT2D eigenvalue weighted by Gasteiger charge is -2.08. The summed E-state index contributed by atoms with van der Waals surface area (Å²) in [4.78, 5) is 4.43. The fourth-order valence-electron chi connectivity index (χ4n) is 2.84. The Morgan fingerprint density at radius 1 is 1.08 bits per heavy atom. The van der Waals surface area contributed by atoms with Crippen molar-refractivity contribution in [1.82, 2.24) is 9.55 Å². The number of aromatic nitrogens is 2. The summed E-state index contributed by atoms with van der Waals surface area (Å²) in [7, 11) is 0. The van der Waals surface area contributed by atoms with Crippen molar-refractivity contribution in [2.45, 2.75) is 20.8 Å². The molecule has 0 atom stereocenters. The standard InChI is InChI=1S/C21H19N3/c1-15-7-9-18(10-8-15)20(14-22)13-19-12-16(2)24(17(19)3)21-6-4-5-11-23-21/h4-13H,1-3H3/b20-13-. The van der Waals surface area contributed by atoms with Crippen molar-refractivity contribution in [3.05, 3.63) is 82.8 Å². The van der Waals surface area contributed by atoms with Gasteiger partial charge in [-0.25, -0.2) is 4.98 Å². The number of hydrogen-bond donors (Lipinski definition) is 0. The third-order valence-corrected chi connectivity index (χ3v) is 4.13. The van der Waals surface area contributed by atoms with E-state index in [0.29, 0.717) is 5.57 Å². The van der Waals surface area contributed by atoms with E-state index in [1.54, 1.807) is 6.20 Å². The summed E-state index contributed by atoms with van der Waals surface area (Å²) < 4.78 is 2.11.